The van der Waals surface area contributed by atoms with E-state index in [1.807, 2.05) is 0 Å². The molecule has 2 fully saturated rings. The second-order valence-electron chi connectivity index (χ2n) is 6.38. The van der Waals surface area contributed by atoms with Crippen LogP contribution in [-0.2, 0) is 4.74 Å². The van der Waals surface area contributed by atoms with E-state index in [1.165, 1.54) is 57.8 Å². The van der Waals surface area contributed by atoms with E-state index in [2.05, 4.69) is 6.92 Å². The van der Waals surface area contributed by atoms with E-state index < -0.39 is 0 Å². The van der Waals surface area contributed by atoms with Crippen molar-refractivity contribution in [2.24, 2.45) is 17.6 Å². The first-order valence-electron chi connectivity index (χ1n) is 7.58. The summed E-state index contributed by atoms with van der Waals surface area (Å²) in [6.07, 6.45) is 12.0. The van der Waals surface area contributed by atoms with Crippen LogP contribution in [0.4, 0.5) is 0 Å². The van der Waals surface area contributed by atoms with Crippen LogP contribution in [0.3, 0.4) is 0 Å². The van der Waals surface area contributed by atoms with Gasteiger partial charge in [-0.3, -0.25) is 0 Å². The van der Waals surface area contributed by atoms with Crippen LogP contribution in [0.25, 0.3) is 0 Å². The number of rotatable bonds is 5. The van der Waals surface area contributed by atoms with E-state index in [-0.39, 0.29) is 5.60 Å². The Balaban J connectivity index is 1.74. The first-order chi connectivity index (χ1) is 8.24. The van der Waals surface area contributed by atoms with Gasteiger partial charge in [0.05, 0.1) is 5.60 Å². The molecule has 0 aromatic carbocycles. The summed E-state index contributed by atoms with van der Waals surface area (Å²) in [6.45, 7) is 3.99. The molecule has 2 aliphatic rings. The normalized spacial score (nSPS) is 35.3. The molecule has 17 heavy (non-hydrogen) atoms. The highest BCUT2D eigenvalue weighted by Crippen LogP contribution is 2.35. The summed E-state index contributed by atoms with van der Waals surface area (Å²) < 4.78 is 6.23. The Morgan fingerprint density at radius 3 is 2.59 bits per heavy atom. The molecule has 0 bridgehead atoms. The van der Waals surface area contributed by atoms with Gasteiger partial charge in [0.15, 0.2) is 0 Å². The van der Waals surface area contributed by atoms with Crippen LogP contribution in [0.15, 0.2) is 0 Å². The van der Waals surface area contributed by atoms with Gasteiger partial charge in [-0.05, 0) is 31.1 Å². The molecule has 2 nitrogen and oxygen atoms in total. The van der Waals surface area contributed by atoms with Crippen molar-refractivity contribution in [2.75, 3.05) is 13.2 Å². The molecule has 2 N–H and O–H groups in total. The minimum atomic E-state index is 0.0241. The SMILES string of the molecule is CC1CCCC(CN)(OCCC2CCCC2)C1. The van der Waals surface area contributed by atoms with Gasteiger partial charge in [0, 0.05) is 13.2 Å². The Kier molecular flexibility index (Phi) is 4.87. The fourth-order valence-corrected chi connectivity index (χ4v) is 3.73. The maximum Gasteiger partial charge on any atom is 0.0806 e. The summed E-state index contributed by atoms with van der Waals surface area (Å²) in [5.74, 6) is 1.73. The van der Waals surface area contributed by atoms with Crippen molar-refractivity contribution in [1.29, 1.82) is 0 Å². The van der Waals surface area contributed by atoms with Crippen molar-refractivity contribution < 1.29 is 4.74 Å². The molecular weight excluding hydrogens is 210 g/mol. The van der Waals surface area contributed by atoms with E-state index in [9.17, 15) is 0 Å². The minimum Gasteiger partial charge on any atom is -0.374 e. The highest BCUT2D eigenvalue weighted by atomic mass is 16.5. The summed E-state index contributed by atoms with van der Waals surface area (Å²) in [5, 5.41) is 0. The van der Waals surface area contributed by atoms with Crippen LogP contribution in [0, 0.1) is 11.8 Å². The molecule has 100 valence electrons. The third-order valence-corrected chi connectivity index (χ3v) is 4.83. The molecule has 0 saturated heterocycles. The summed E-state index contributed by atoms with van der Waals surface area (Å²) in [4.78, 5) is 0. The van der Waals surface area contributed by atoms with Crippen LogP contribution in [0.2, 0.25) is 0 Å². The highest BCUT2D eigenvalue weighted by molar-refractivity contribution is 4.88. The van der Waals surface area contributed by atoms with Gasteiger partial charge in [-0.15, -0.1) is 0 Å². The van der Waals surface area contributed by atoms with E-state index in [4.69, 9.17) is 10.5 Å². The van der Waals surface area contributed by atoms with Gasteiger partial charge in [-0.25, -0.2) is 0 Å². The third kappa shape index (κ3) is 3.69. The predicted octanol–water partition coefficient (Wildman–Crippen LogP) is 3.49. The molecule has 2 rings (SSSR count). The van der Waals surface area contributed by atoms with Gasteiger partial charge >= 0.3 is 0 Å². The van der Waals surface area contributed by atoms with Crippen LogP contribution in [0.5, 0.6) is 0 Å². The summed E-state index contributed by atoms with van der Waals surface area (Å²) in [5.41, 5.74) is 5.99. The second kappa shape index (κ2) is 6.19. The zero-order chi connectivity index (χ0) is 12.1. The monoisotopic (exact) mass is 239 g/mol. The molecule has 0 heterocycles. The van der Waals surface area contributed by atoms with Crippen molar-refractivity contribution in [3.05, 3.63) is 0 Å². The second-order valence-corrected chi connectivity index (χ2v) is 6.38. The Morgan fingerprint density at radius 2 is 1.94 bits per heavy atom. The van der Waals surface area contributed by atoms with Crippen molar-refractivity contribution in [2.45, 2.75) is 70.3 Å². The van der Waals surface area contributed by atoms with Crippen molar-refractivity contribution in [1.82, 2.24) is 0 Å². The van der Waals surface area contributed by atoms with Gasteiger partial charge in [0.2, 0.25) is 0 Å². The van der Waals surface area contributed by atoms with E-state index in [0.29, 0.717) is 6.54 Å². The molecule has 0 amide bonds. The zero-order valence-corrected chi connectivity index (χ0v) is 11.4. The van der Waals surface area contributed by atoms with E-state index in [1.54, 1.807) is 0 Å². The van der Waals surface area contributed by atoms with Crippen LogP contribution < -0.4 is 5.73 Å². The molecule has 2 heteroatoms. The molecule has 2 unspecified atom stereocenters. The average Bonchev–Trinajstić information content (AvgIpc) is 2.82. The minimum absolute atomic E-state index is 0.0241. The van der Waals surface area contributed by atoms with Gasteiger partial charge < -0.3 is 10.5 Å². The molecule has 0 aliphatic heterocycles. The topological polar surface area (TPSA) is 35.2 Å². The van der Waals surface area contributed by atoms with Crippen molar-refractivity contribution in [3.63, 3.8) is 0 Å². The number of hydrogen-bond acceptors (Lipinski definition) is 2. The smallest absolute Gasteiger partial charge is 0.0806 e. The largest absolute Gasteiger partial charge is 0.374 e. The predicted molar refractivity (Wildman–Crippen MR) is 71.9 cm³/mol. The number of ether oxygens (including phenoxy) is 1. The number of nitrogens with two attached hydrogens (primary N) is 1. The third-order valence-electron chi connectivity index (χ3n) is 4.83. The molecule has 0 aromatic rings. The van der Waals surface area contributed by atoms with Crippen LogP contribution in [0.1, 0.15) is 64.7 Å². The van der Waals surface area contributed by atoms with Gasteiger partial charge in [0.25, 0.3) is 0 Å². The van der Waals surface area contributed by atoms with Crippen LogP contribution in [-0.4, -0.2) is 18.8 Å². The lowest BCUT2D eigenvalue weighted by molar-refractivity contribution is -0.0778. The van der Waals surface area contributed by atoms with E-state index in [0.717, 1.165) is 18.4 Å². The quantitative estimate of drug-likeness (QED) is 0.797. The Bertz CT molecular complexity index is 225. The zero-order valence-electron chi connectivity index (χ0n) is 11.4. The maximum atomic E-state index is 6.23. The summed E-state index contributed by atoms with van der Waals surface area (Å²) in [7, 11) is 0. The average molecular weight is 239 g/mol. The van der Waals surface area contributed by atoms with Crippen LogP contribution >= 0.6 is 0 Å². The molecule has 0 radical (unpaired) electrons. The Hall–Kier alpha value is -0.0800. The van der Waals surface area contributed by atoms with Gasteiger partial charge in [0.1, 0.15) is 0 Å². The first-order valence-corrected chi connectivity index (χ1v) is 7.58. The Morgan fingerprint density at radius 1 is 1.18 bits per heavy atom. The summed E-state index contributed by atoms with van der Waals surface area (Å²) in [6, 6.07) is 0. The number of hydrogen-bond donors (Lipinski definition) is 1. The molecular formula is C15H29NO. The lowest BCUT2D eigenvalue weighted by Crippen LogP contribution is -2.44. The maximum absolute atomic E-state index is 6.23. The lowest BCUT2D eigenvalue weighted by Gasteiger charge is -2.39. The highest BCUT2D eigenvalue weighted by Gasteiger charge is 2.34. The fourth-order valence-electron chi connectivity index (χ4n) is 3.73. The molecule has 0 aromatic heterocycles. The Labute approximate surface area is 106 Å². The van der Waals surface area contributed by atoms with E-state index >= 15 is 0 Å². The van der Waals surface area contributed by atoms with Crippen molar-refractivity contribution >= 4 is 0 Å². The molecule has 2 saturated carbocycles. The van der Waals surface area contributed by atoms with Gasteiger partial charge in [-0.1, -0.05) is 45.4 Å². The first kappa shape index (κ1) is 13.4. The molecule has 2 aliphatic carbocycles. The fraction of sp³-hybridized carbons (Fsp3) is 1.00. The van der Waals surface area contributed by atoms with Gasteiger partial charge in [-0.2, -0.15) is 0 Å². The lowest BCUT2D eigenvalue weighted by atomic mass is 9.79. The van der Waals surface area contributed by atoms with Crippen molar-refractivity contribution in [3.8, 4) is 0 Å². The molecule has 0 spiro atoms. The summed E-state index contributed by atoms with van der Waals surface area (Å²) >= 11 is 0. The standard InChI is InChI=1S/C15H29NO/c1-13-5-4-9-15(11-13,12-16)17-10-8-14-6-2-3-7-14/h13-14H,2-12,16H2,1H3. The molecule has 2 atom stereocenters.